The Bertz CT molecular complexity index is 979. The van der Waals surface area contributed by atoms with E-state index in [-0.39, 0.29) is 17.7 Å². The average molecular weight is 478 g/mol. The molecule has 0 aromatic heterocycles. The number of ether oxygens (including phenoxy) is 5. The molecule has 0 unspecified atom stereocenters. The van der Waals surface area contributed by atoms with Crippen LogP contribution in [0.25, 0.3) is 0 Å². The summed E-state index contributed by atoms with van der Waals surface area (Å²) in [5.41, 5.74) is -0.724. The predicted octanol–water partition coefficient (Wildman–Crippen LogP) is 3.43. The second-order valence-corrected chi connectivity index (χ2v) is 8.36. The zero-order chi connectivity index (χ0) is 24.0. The number of alkyl halides is 1. The molecule has 0 radical (unpaired) electrons. The van der Waals surface area contributed by atoms with Gasteiger partial charge >= 0.3 is 17.9 Å². The van der Waals surface area contributed by atoms with Crippen LogP contribution in [0.5, 0.6) is 11.5 Å². The number of hydrogen-bond donors (Lipinski definition) is 0. The molecule has 1 heterocycles. The quantitative estimate of drug-likeness (QED) is 0.417. The van der Waals surface area contributed by atoms with Crippen LogP contribution >= 0.6 is 11.8 Å². The Labute approximate surface area is 194 Å². The van der Waals surface area contributed by atoms with Gasteiger partial charge in [-0.1, -0.05) is 0 Å². The zero-order valence-electron chi connectivity index (χ0n) is 18.2. The van der Waals surface area contributed by atoms with Crippen molar-refractivity contribution in [2.45, 2.75) is 29.9 Å². The van der Waals surface area contributed by atoms with Gasteiger partial charge in [-0.3, -0.25) is 4.79 Å². The molecule has 1 saturated heterocycles. The van der Waals surface area contributed by atoms with Crippen LogP contribution in [0.3, 0.4) is 0 Å². The van der Waals surface area contributed by atoms with Crippen LogP contribution in [0.1, 0.15) is 27.6 Å². The van der Waals surface area contributed by atoms with Crippen molar-refractivity contribution in [3.63, 3.8) is 0 Å². The van der Waals surface area contributed by atoms with Gasteiger partial charge in [-0.15, -0.1) is 11.8 Å². The number of carbonyl (C=O) groups is 3. The van der Waals surface area contributed by atoms with Gasteiger partial charge in [0.2, 0.25) is 0 Å². The van der Waals surface area contributed by atoms with Crippen LogP contribution < -0.4 is 9.47 Å². The van der Waals surface area contributed by atoms with Gasteiger partial charge in [0.05, 0.1) is 30.6 Å². The summed E-state index contributed by atoms with van der Waals surface area (Å²) in [5.74, 6) is -0.950. The van der Waals surface area contributed by atoms with Crippen molar-refractivity contribution in [2.24, 2.45) is 0 Å². The van der Waals surface area contributed by atoms with Gasteiger partial charge in [-0.25, -0.2) is 14.0 Å². The molecule has 33 heavy (non-hydrogen) atoms. The van der Waals surface area contributed by atoms with Crippen LogP contribution in [-0.4, -0.2) is 61.7 Å². The highest BCUT2D eigenvalue weighted by molar-refractivity contribution is 8.00. The molecule has 1 aliphatic heterocycles. The smallest absolute Gasteiger partial charge is 0.338 e. The maximum Gasteiger partial charge on any atom is 0.338 e. The standard InChI is InChI=1S/C23H23FO8S/c1-13(25)31-23-19(24)20(32-22(27)15-6-10-17(29-3)11-7-15)18(33-23)12-30-21(26)14-4-8-16(28-2)9-5-14/h4-11,18-20,23H,12H2,1-3H3/t18-,19+,20-,23-/m1/s1. The monoisotopic (exact) mass is 478 g/mol. The lowest BCUT2D eigenvalue weighted by atomic mass is 10.1. The number of methoxy groups -OCH3 is 2. The molecule has 0 amide bonds. The van der Waals surface area contributed by atoms with Gasteiger partial charge in [-0.05, 0) is 48.5 Å². The maximum absolute atomic E-state index is 15.0. The molecule has 176 valence electrons. The molecule has 2 aromatic carbocycles. The lowest BCUT2D eigenvalue weighted by Crippen LogP contribution is -2.37. The minimum Gasteiger partial charge on any atom is -0.497 e. The third kappa shape index (κ3) is 6.16. The summed E-state index contributed by atoms with van der Waals surface area (Å²) in [6.07, 6.45) is -3.09. The number of rotatable bonds is 8. The van der Waals surface area contributed by atoms with Crippen LogP contribution in [0.4, 0.5) is 4.39 Å². The Morgan fingerprint density at radius 2 is 1.36 bits per heavy atom. The SMILES string of the molecule is COc1ccc(C(=O)OC[C@H]2S[C@@H](OC(C)=O)[C@@H](F)[C@@H]2OC(=O)c2ccc(OC)cc2)cc1. The molecule has 4 atom stereocenters. The van der Waals surface area contributed by atoms with Crippen LogP contribution in [0.15, 0.2) is 48.5 Å². The molecule has 0 spiro atoms. The summed E-state index contributed by atoms with van der Waals surface area (Å²) in [4.78, 5) is 36.3. The molecule has 0 N–H and O–H groups in total. The summed E-state index contributed by atoms with van der Waals surface area (Å²) >= 11 is 0.929. The molecule has 1 aliphatic rings. The highest BCUT2D eigenvalue weighted by atomic mass is 32.2. The Morgan fingerprint density at radius 1 is 0.848 bits per heavy atom. The molecule has 0 aliphatic carbocycles. The number of esters is 3. The Morgan fingerprint density at radius 3 is 1.85 bits per heavy atom. The fourth-order valence-corrected chi connectivity index (χ4v) is 4.45. The number of benzene rings is 2. The Kier molecular flexibility index (Phi) is 8.16. The van der Waals surface area contributed by atoms with Crippen LogP contribution in [0, 0.1) is 0 Å². The maximum atomic E-state index is 15.0. The number of halogens is 1. The first-order valence-electron chi connectivity index (χ1n) is 9.95. The molecular formula is C23H23FO8S. The minimum absolute atomic E-state index is 0.193. The molecule has 2 aromatic rings. The van der Waals surface area contributed by atoms with Crippen molar-refractivity contribution in [3.05, 3.63) is 59.7 Å². The second kappa shape index (κ2) is 11.0. The van der Waals surface area contributed by atoms with E-state index >= 15 is 4.39 Å². The molecule has 0 bridgehead atoms. The van der Waals surface area contributed by atoms with E-state index in [4.69, 9.17) is 23.7 Å². The molecular weight excluding hydrogens is 455 g/mol. The van der Waals surface area contributed by atoms with Gasteiger partial charge in [0.15, 0.2) is 17.7 Å². The van der Waals surface area contributed by atoms with E-state index in [1.165, 1.54) is 38.5 Å². The van der Waals surface area contributed by atoms with Gasteiger partial charge in [0, 0.05) is 6.92 Å². The number of carbonyl (C=O) groups excluding carboxylic acids is 3. The normalized spacial score (nSPS) is 21.7. The first-order valence-corrected chi connectivity index (χ1v) is 10.9. The van der Waals surface area contributed by atoms with E-state index in [9.17, 15) is 14.4 Å². The van der Waals surface area contributed by atoms with E-state index in [1.807, 2.05) is 0 Å². The molecule has 10 heteroatoms. The largest absolute Gasteiger partial charge is 0.497 e. The second-order valence-electron chi connectivity index (χ2n) is 7.02. The highest BCUT2D eigenvalue weighted by Crippen LogP contribution is 2.39. The lowest BCUT2D eigenvalue weighted by molar-refractivity contribution is -0.145. The first-order chi connectivity index (χ1) is 15.8. The van der Waals surface area contributed by atoms with E-state index in [2.05, 4.69) is 0 Å². The Balaban J connectivity index is 1.69. The van der Waals surface area contributed by atoms with E-state index in [0.29, 0.717) is 11.5 Å². The molecule has 1 fully saturated rings. The topological polar surface area (TPSA) is 97.4 Å². The van der Waals surface area contributed by atoms with Gasteiger partial charge in [0.1, 0.15) is 18.1 Å². The predicted molar refractivity (Wildman–Crippen MR) is 117 cm³/mol. The third-order valence-electron chi connectivity index (χ3n) is 4.80. The average Bonchev–Trinajstić information content (AvgIpc) is 3.11. The summed E-state index contributed by atoms with van der Waals surface area (Å²) in [6.45, 7) is 0.900. The fraction of sp³-hybridized carbons (Fsp3) is 0.348. The van der Waals surface area contributed by atoms with Crippen molar-refractivity contribution in [3.8, 4) is 11.5 Å². The highest BCUT2D eigenvalue weighted by Gasteiger charge is 2.49. The summed E-state index contributed by atoms with van der Waals surface area (Å²) in [7, 11) is 2.99. The van der Waals surface area contributed by atoms with Gasteiger partial charge in [-0.2, -0.15) is 0 Å². The van der Waals surface area contributed by atoms with Crippen molar-refractivity contribution < 1.29 is 42.5 Å². The molecule has 3 rings (SSSR count). The van der Waals surface area contributed by atoms with Crippen LogP contribution in [-0.2, 0) is 19.0 Å². The van der Waals surface area contributed by atoms with Crippen molar-refractivity contribution in [1.82, 2.24) is 0 Å². The third-order valence-corrected chi connectivity index (χ3v) is 6.18. The van der Waals surface area contributed by atoms with Crippen molar-refractivity contribution in [2.75, 3.05) is 20.8 Å². The first kappa shape index (κ1) is 24.4. The van der Waals surface area contributed by atoms with E-state index < -0.39 is 40.9 Å². The van der Waals surface area contributed by atoms with E-state index in [0.717, 1.165) is 18.7 Å². The summed E-state index contributed by atoms with van der Waals surface area (Å²) in [6, 6.07) is 12.4. The lowest BCUT2D eigenvalue weighted by Gasteiger charge is -2.20. The van der Waals surface area contributed by atoms with Crippen molar-refractivity contribution in [1.29, 1.82) is 0 Å². The Hall–Kier alpha value is -3.27. The molecule has 0 saturated carbocycles. The molecule has 8 nitrogen and oxygen atoms in total. The minimum atomic E-state index is -1.80. The van der Waals surface area contributed by atoms with Gasteiger partial charge in [0.25, 0.3) is 0 Å². The summed E-state index contributed by atoms with van der Waals surface area (Å²) in [5, 5.41) is -0.784. The van der Waals surface area contributed by atoms with E-state index in [1.54, 1.807) is 24.3 Å². The summed E-state index contributed by atoms with van der Waals surface area (Å²) < 4.78 is 40.9. The van der Waals surface area contributed by atoms with Crippen LogP contribution in [0.2, 0.25) is 0 Å². The van der Waals surface area contributed by atoms with Gasteiger partial charge < -0.3 is 23.7 Å². The fourth-order valence-electron chi connectivity index (χ4n) is 3.10. The van der Waals surface area contributed by atoms with Crippen molar-refractivity contribution >= 4 is 29.7 Å². The number of hydrogen-bond acceptors (Lipinski definition) is 9. The number of thioether (sulfide) groups is 1. The zero-order valence-corrected chi connectivity index (χ0v) is 19.0.